The average molecular weight is 309 g/mol. The maximum atomic E-state index is 6.04. The lowest BCUT2D eigenvalue weighted by Gasteiger charge is -1.91. The second-order valence-electron chi connectivity index (χ2n) is 4.14. The molecule has 0 fully saturated rings. The number of hydrogen-bond donors (Lipinski definition) is 0. The molecule has 2 heterocycles. The van der Waals surface area contributed by atoms with Gasteiger partial charge in [0.2, 0.25) is 0 Å². The Bertz CT molecular complexity index is 826. The Hall–Kier alpha value is -0.800. The molecule has 0 aliphatic carbocycles. The minimum Gasteiger partial charge on any atom is -0.134 e. The van der Waals surface area contributed by atoms with Gasteiger partial charge in [-0.3, -0.25) is 0 Å². The fraction of sp³-hybridized carbons (Fsp3) is 0. The number of fused-ring (bicyclic) bond motifs is 5. The van der Waals surface area contributed by atoms with Crippen molar-refractivity contribution < 1.29 is 0 Å². The fourth-order valence-corrected chi connectivity index (χ4v) is 5.41. The Morgan fingerprint density at radius 1 is 0.667 bits per heavy atom. The molecule has 4 rings (SSSR count). The van der Waals surface area contributed by atoms with E-state index in [1.54, 1.807) is 22.7 Å². The van der Waals surface area contributed by atoms with Gasteiger partial charge in [-0.05, 0) is 24.3 Å². The Morgan fingerprint density at radius 2 is 1.11 bits per heavy atom. The van der Waals surface area contributed by atoms with Crippen molar-refractivity contribution in [2.24, 2.45) is 0 Å². The van der Waals surface area contributed by atoms with Gasteiger partial charge in [0.05, 0.1) is 9.40 Å². The van der Waals surface area contributed by atoms with Crippen molar-refractivity contribution in [3.8, 4) is 0 Å². The second kappa shape index (κ2) is 3.84. The molecule has 0 aliphatic rings. The predicted octanol–water partition coefficient (Wildman–Crippen LogP) is 6.58. The smallest absolute Gasteiger partial charge is 0.0542 e. The van der Waals surface area contributed by atoms with Gasteiger partial charge in [0.1, 0.15) is 0 Å². The molecular weight excluding hydrogens is 303 g/mol. The summed E-state index contributed by atoms with van der Waals surface area (Å²) in [6.07, 6.45) is 0. The Kier molecular flexibility index (Phi) is 2.36. The molecule has 0 spiro atoms. The van der Waals surface area contributed by atoms with Gasteiger partial charge in [-0.15, -0.1) is 22.7 Å². The van der Waals surface area contributed by atoms with Crippen LogP contribution in [0.5, 0.6) is 0 Å². The van der Waals surface area contributed by atoms with E-state index in [1.165, 1.54) is 29.6 Å². The van der Waals surface area contributed by atoms with Gasteiger partial charge in [-0.25, -0.2) is 0 Å². The van der Waals surface area contributed by atoms with Gasteiger partial charge < -0.3 is 0 Å². The van der Waals surface area contributed by atoms with Crippen molar-refractivity contribution in [2.75, 3.05) is 0 Å². The molecule has 0 amide bonds. The first-order valence-electron chi connectivity index (χ1n) is 5.42. The Balaban J connectivity index is 2.23. The number of thiophene rings is 2. The Labute approximate surface area is 121 Å². The fourth-order valence-electron chi connectivity index (χ4n) is 2.20. The van der Waals surface area contributed by atoms with Crippen molar-refractivity contribution in [2.45, 2.75) is 0 Å². The first-order chi connectivity index (χ1) is 8.72. The van der Waals surface area contributed by atoms with Crippen LogP contribution in [0.3, 0.4) is 0 Å². The first-order valence-corrected chi connectivity index (χ1v) is 7.81. The lowest BCUT2D eigenvalue weighted by atomic mass is 10.2. The molecule has 0 atom stereocenters. The van der Waals surface area contributed by atoms with Crippen LogP contribution in [0.25, 0.3) is 29.6 Å². The van der Waals surface area contributed by atoms with Crippen LogP contribution in [0.2, 0.25) is 10.0 Å². The van der Waals surface area contributed by atoms with E-state index in [0.29, 0.717) is 0 Å². The number of halogens is 2. The van der Waals surface area contributed by atoms with Crippen LogP contribution < -0.4 is 0 Å². The van der Waals surface area contributed by atoms with E-state index in [9.17, 15) is 0 Å². The van der Waals surface area contributed by atoms with Crippen LogP contribution in [0, 0.1) is 0 Å². The molecule has 2 aromatic carbocycles. The SMILES string of the molecule is Clc1ccc2c(c1)sc1c3ccc(Cl)cc3sc21. The van der Waals surface area contributed by atoms with Gasteiger partial charge in [-0.2, -0.15) is 0 Å². The van der Waals surface area contributed by atoms with E-state index >= 15 is 0 Å². The molecule has 0 saturated heterocycles. The number of rotatable bonds is 0. The second-order valence-corrected chi connectivity index (χ2v) is 7.12. The zero-order valence-corrected chi connectivity index (χ0v) is 12.2. The molecule has 88 valence electrons. The minimum atomic E-state index is 0.795. The van der Waals surface area contributed by atoms with Crippen LogP contribution in [-0.2, 0) is 0 Å². The Morgan fingerprint density at radius 3 is 1.56 bits per heavy atom. The zero-order chi connectivity index (χ0) is 12.3. The van der Waals surface area contributed by atoms with Gasteiger partial charge in [-0.1, -0.05) is 35.3 Å². The van der Waals surface area contributed by atoms with E-state index in [4.69, 9.17) is 23.2 Å². The molecule has 0 unspecified atom stereocenters. The molecule has 0 nitrogen and oxygen atoms in total. The summed E-state index contributed by atoms with van der Waals surface area (Å²) in [6.45, 7) is 0. The first kappa shape index (κ1) is 11.1. The highest BCUT2D eigenvalue weighted by Gasteiger charge is 2.12. The topological polar surface area (TPSA) is 0 Å². The van der Waals surface area contributed by atoms with Crippen molar-refractivity contribution in [1.82, 2.24) is 0 Å². The summed E-state index contributed by atoms with van der Waals surface area (Å²) in [6, 6.07) is 12.2. The predicted molar refractivity (Wildman–Crippen MR) is 84.7 cm³/mol. The maximum absolute atomic E-state index is 6.04. The molecular formula is C14H6Cl2S2. The van der Waals surface area contributed by atoms with E-state index in [1.807, 2.05) is 24.3 Å². The summed E-state index contributed by atoms with van der Waals surface area (Å²) in [5.74, 6) is 0. The quantitative estimate of drug-likeness (QED) is 0.344. The maximum Gasteiger partial charge on any atom is 0.0542 e. The van der Waals surface area contributed by atoms with Gasteiger partial charge in [0, 0.05) is 30.2 Å². The van der Waals surface area contributed by atoms with E-state index in [0.717, 1.165) is 10.0 Å². The van der Waals surface area contributed by atoms with E-state index < -0.39 is 0 Å². The lowest BCUT2D eigenvalue weighted by Crippen LogP contribution is -1.63. The summed E-state index contributed by atoms with van der Waals surface area (Å²) in [5, 5.41) is 4.17. The van der Waals surface area contributed by atoms with Crippen molar-refractivity contribution in [1.29, 1.82) is 0 Å². The normalized spacial score (nSPS) is 11.9. The largest absolute Gasteiger partial charge is 0.134 e. The third-order valence-corrected chi connectivity index (χ3v) is 5.98. The molecule has 0 aliphatic heterocycles. The molecule has 4 aromatic rings. The van der Waals surface area contributed by atoms with Crippen LogP contribution in [0.4, 0.5) is 0 Å². The number of hydrogen-bond acceptors (Lipinski definition) is 2. The summed E-state index contributed by atoms with van der Waals surface area (Å²) in [5.41, 5.74) is 0. The minimum absolute atomic E-state index is 0.795. The van der Waals surface area contributed by atoms with Crippen molar-refractivity contribution >= 4 is 75.4 Å². The van der Waals surface area contributed by atoms with E-state index in [-0.39, 0.29) is 0 Å². The van der Waals surface area contributed by atoms with E-state index in [2.05, 4.69) is 12.1 Å². The molecule has 0 saturated carbocycles. The lowest BCUT2D eigenvalue weighted by molar-refractivity contribution is 1.86. The summed E-state index contributed by atoms with van der Waals surface area (Å²) >= 11 is 15.7. The summed E-state index contributed by atoms with van der Waals surface area (Å²) < 4.78 is 5.18. The average Bonchev–Trinajstić information content (AvgIpc) is 2.83. The van der Waals surface area contributed by atoms with Crippen molar-refractivity contribution in [3.63, 3.8) is 0 Å². The molecule has 18 heavy (non-hydrogen) atoms. The molecule has 2 aromatic heterocycles. The van der Waals surface area contributed by atoms with Crippen LogP contribution in [0.15, 0.2) is 36.4 Å². The highest BCUT2D eigenvalue weighted by Crippen LogP contribution is 2.45. The summed E-state index contributed by atoms with van der Waals surface area (Å²) in [4.78, 5) is 0. The third-order valence-electron chi connectivity index (χ3n) is 3.01. The van der Waals surface area contributed by atoms with Crippen molar-refractivity contribution in [3.05, 3.63) is 46.4 Å². The molecule has 4 heteroatoms. The number of benzene rings is 2. The third kappa shape index (κ3) is 1.50. The molecule has 0 radical (unpaired) electrons. The monoisotopic (exact) mass is 308 g/mol. The van der Waals surface area contributed by atoms with Gasteiger partial charge in [0.15, 0.2) is 0 Å². The van der Waals surface area contributed by atoms with Crippen LogP contribution in [0.1, 0.15) is 0 Å². The van der Waals surface area contributed by atoms with Gasteiger partial charge in [0.25, 0.3) is 0 Å². The zero-order valence-electron chi connectivity index (χ0n) is 9.04. The van der Waals surface area contributed by atoms with Crippen LogP contribution in [-0.4, -0.2) is 0 Å². The standard InChI is InChI=1S/C14H6Cl2S2/c15-7-1-3-9-11(5-7)17-14-10-4-2-8(16)6-12(10)18-13(9)14/h1-6H. The molecule has 0 N–H and O–H groups in total. The highest BCUT2D eigenvalue weighted by molar-refractivity contribution is 7.36. The van der Waals surface area contributed by atoms with Gasteiger partial charge >= 0.3 is 0 Å². The van der Waals surface area contributed by atoms with Crippen LogP contribution >= 0.6 is 45.9 Å². The highest BCUT2D eigenvalue weighted by atomic mass is 35.5. The molecule has 0 bridgehead atoms. The summed E-state index contributed by atoms with van der Waals surface area (Å²) in [7, 11) is 0.